The Balaban J connectivity index is 5.05. The van der Waals surface area contributed by atoms with Crippen LogP contribution in [-0.4, -0.2) is 65.6 Å². The van der Waals surface area contributed by atoms with Crippen LogP contribution in [0.2, 0.25) is 0 Å². The molecule has 0 radical (unpaired) electrons. The van der Waals surface area contributed by atoms with E-state index in [9.17, 15) is 10.2 Å². The molecule has 224 valence electrons. The quantitative estimate of drug-likeness (QED) is 0.0725. The molecule has 0 aliphatic rings. The van der Waals surface area contributed by atoms with Crippen molar-refractivity contribution in [1.29, 1.82) is 0 Å². The molecule has 1 unspecified atom stereocenters. The van der Waals surface area contributed by atoms with E-state index >= 15 is 0 Å². The number of nitrogens with zero attached hydrogens (tertiary/aromatic N) is 2. The third-order valence-electron chi connectivity index (χ3n) is 8.14. The Kier molecular flexibility index (Phi) is 28.7. The molecule has 1 atom stereocenters. The van der Waals surface area contributed by atoms with E-state index in [1.54, 1.807) is 0 Å². The third-order valence-corrected chi connectivity index (χ3v) is 8.14. The van der Waals surface area contributed by atoms with Gasteiger partial charge in [-0.05, 0) is 38.3 Å². The molecule has 0 aromatic carbocycles. The summed E-state index contributed by atoms with van der Waals surface area (Å²) in [4.78, 5) is 5.14. The minimum absolute atomic E-state index is 0.223. The van der Waals surface area contributed by atoms with Gasteiger partial charge in [0.25, 0.3) is 0 Å². The van der Waals surface area contributed by atoms with Crippen LogP contribution < -0.4 is 0 Å². The zero-order valence-corrected chi connectivity index (χ0v) is 26.0. The maximum absolute atomic E-state index is 9.97. The van der Waals surface area contributed by atoms with Crippen LogP contribution in [0.5, 0.6) is 0 Å². The number of aliphatic hydroxyl groups is 2. The summed E-state index contributed by atoms with van der Waals surface area (Å²) in [6.45, 7) is 13.4. The normalized spacial score (nSPS) is 12.9. The Morgan fingerprint density at radius 1 is 0.432 bits per heavy atom. The monoisotopic (exact) mass is 527 g/mol. The van der Waals surface area contributed by atoms with Crippen LogP contribution in [0.25, 0.3) is 0 Å². The van der Waals surface area contributed by atoms with E-state index in [1.807, 2.05) is 0 Å². The Labute approximate surface area is 234 Å². The first kappa shape index (κ1) is 36.8. The fraction of sp³-hybridized carbons (Fsp3) is 1.00. The molecule has 0 aromatic rings. The molecule has 0 aliphatic heterocycles. The van der Waals surface area contributed by atoms with Crippen molar-refractivity contribution in [3.63, 3.8) is 0 Å². The molecule has 0 rings (SSSR count). The van der Waals surface area contributed by atoms with Crippen molar-refractivity contribution >= 4 is 0 Å². The van der Waals surface area contributed by atoms with Gasteiger partial charge in [0, 0.05) is 13.1 Å². The van der Waals surface area contributed by atoms with Gasteiger partial charge in [-0.1, -0.05) is 143 Å². The second kappa shape index (κ2) is 28.8. The standard InChI is InChI=1S/C33H70N2O2/c1-5-8-11-14-17-18-19-22-25-32(4)33(34(28-30-36)26-23-20-15-12-9-6-2)35(29-31-37)27-24-21-16-13-10-7-3/h32-33,36-37H,5-31H2,1-4H3. The summed E-state index contributed by atoms with van der Waals surface area (Å²) >= 11 is 0. The molecule has 4 heteroatoms. The summed E-state index contributed by atoms with van der Waals surface area (Å²) in [6, 6.07) is 0. The molecule has 2 N–H and O–H groups in total. The highest BCUT2D eigenvalue weighted by molar-refractivity contribution is 4.79. The average Bonchev–Trinajstić information content (AvgIpc) is 2.89. The van der Waals surface area contributed by atoms with Gasteiger partial charge < -0.3 is 10.2 Å². The molecular formula is C33H70N2O2. The zero-order valence-electron chi connectivity index (χ0n) is 26.0. The second-order valence-electron chi connectivity index (χ2n) is 11.7. The van der Waals surface area contributed by atoms with Gasteiger partial charge in [0.05, 0.1) is 19.4 Å². The summed E-state index contributed by atoms with van der Waals surface area (Å²) < 4.78 is 0. The first-order valence-electron chi connectivity index (χ1n) is 16.9. The van der Waals surface area contributed by atoms with E-state index in [0.29, 0.717) is 12.1 Å². The maximum Gasteiger partial charge on any atom is 0.0650 e. The number of unbranched alkanes of at least 4 members (excludes halogenated alkanes) is 17. The third kappa shape index (κ3) is 21.4. The lowest BCUT2D eigenvalue weighted by Gasteiger charge is -2.43. The van der Waals surface area contributed by atoms with Gasteiger partial charge in [0.1, 0.15) is 0 Å². The Hall–Kier alpha value is -0.160. The van der Waals surface area contributed by atoms with Crippen LogP contribution in [-0.2, 0) is 0 Å². The van der Waals surface area contributed by atoms with E-state index in [-0.39, 0.29) is 13.2 Å². The number of hydrogen-bond donors (Lipinski definition) is 2. The van der Waals surface area contributed by atoms with Crippen LogP contribution in [0.3, 0.4) is 0 Å². The van der Waals surface area contributed by atoms with Crippen molar-refractivity contribution in [2.24, 2.45) is 5.92 Å². The molecule has 0 spiro atoms. The van der Waals surface area contributed by atoms with Gasteiger partial charge in [0.2, 0.25) is 0 Å². The van der Waals surface area contributed by atoms with Gasteiger partial charge in [-0.3, -0.25) is 9.80 Å². The lowest BCUT2D eigenvalue weighted by Crippen LogP contribution is -2.54. The molecule has 0 fully saturated rings. The smallest absolute Gasteiger partial charge is 0.0650 e. The zero-order chi connectivity index (χ0) is 27.4. The molecule has 0 aliphatic carbocycles. The van der Waals surface area contributed by atoms with Crippen LogP contribution in [0.15, 0.2) is 0 Å². The predicted octanol–water partition coefficient (Wildman–Crippen LogP) is 8.79. The van der Waals surface area contributed by atoms with Crippen LogP contribution >= 0.6 is 0 Å². The van der Waals surface area contributed by atoms with Gasteiger partial charge in [-0.25, -0.2) is 0 Å². The Morgan fingerprint density at radius 2 is 0.757 bits per heavy atom. The average molecular weight is 527 g/mol. The Morgan fingerprint density at radius 3 is 1.11 bits per heavy atom. The number of hydrogen-bond acceptors (Lipinski definition) is 4. The minimum Gasteiger partial charge on any atom is -0.395 e. The summed E-state index contributed by atoms with van der Waals surface area (Å²) in [5.74, 6) is 0.554. The van der Waals surface area contributed by atoms with Crippen molar-refractivity contribution in [2.75, 3.05) is 39.4 Å². The Bertz CT molecular complexity index is 409. The predicted molar refractivity (Wildman–Crippen MR) is 164 cm³/mol. The molecule has 4 nitrogen and oxygen atoms in total. The number of rotatable bonds is 30. The topological polar surface area (TPSA) is 46.9 Å². The molecular weight excluding hydrogens is 456 g/mol. The van der Waals surface area contributed by atoms with Crippen molar-refractivity contribution in [3.8, 4) is 0 Å². The first-order valence-corrected chi connectivity index (χ1v) is 16.9. The maximum atomic E-state index is 9.97. The van der Waals surface area contributed by atoms with Gasteiger partial charge in [0.15, 0.2) is 0 Å². The lowest BCUT2D eigenvalue weighted by molar-refractivity contribution is -0.0159. The fourth-order valence-electron chi connectivity index (χ4n) is 5.90. The molecule has 0 heterocycles. The SMILES string of the molecule is CCCCCCCCCCC(C)C(N(CCO)CCCCCCCC)N(CCO)CCCCCCCC. The van der Waals surface area contributed by atoms with Gasteiger partial charge in [-0.2, -0.15) is 0 Å². The lowest BCUT2D eigenvalue weighted by atomic mass is 9.96. The number of aliphatic hydroxyl groups excluding tert-OH is 2. The second-order valence-corrected chi connectivity index (χ2v) is 11.7. The first-order chi connectivity index (χ1) is 18.2. The molecule has 37 heavy (non-hydrogen) atoms. The summed E-state index contributed by atoms with van der Waals surface area (Å²) in [5, 5.41) is 19.9. The van der Waals surface area contributed by atoms with Gasteiger partial charge in [-0.15, -0.1) is 0 Å². The van der Waals surface area contributed by atoms with Gasteiger partial charge >= 0.3 is 0 Å². The molecule has 0 saturated heterocycles. The van der Waals surface area contributed by atoms with E-state index in [4.69, 9.17) is 0 Å². The fourth-order valence-corrected chi connectivity index (χ4v) is 5.90. The summed E-state index contributed by atoms with van der Waals surface area (Å²) in [7, 11) is 0. The highest BCUT2D eigenvalue weighted by atomic mass is 16.3. The van der Waals surface area contributed by atoms with Crippen LogP contribution in [0, 0.1) is 5.92 Å². The van der Waals surface area contributed by atoms with E-state index in [0.717, 1.165) is 26.2 Å². The van der Waals surface area contributed by atoms with Crippen LogP contribution in [0.1, 0.15) is 163 Å². The van der Waals surface area contributed by atoms with Crippen molar-refractivity contribution in [2.45, 2.75) is 169 Å². The molecule has 0 saturated carbocycles. The largest absolute Gasteiger partial charge is 0.395 e. The van der Waals surface area contributed by atoms with Crippen molar-refractivity contribution in [1.82, 2.24) is 9.80 Å². The highest BCUT2D eigenvalue weighted by Gasteiger charge is 2.29. The summed E-state index contributed by atoms with van der Waals surface area (Å²) in [6.07, 6.45) is 28.2. The van der Waals surface area contributed by atoms with Crippen LogP contribution in [0.4, 0.5) is 0 Å². The van der Waals surface area contributed by atoms with Crippen molar-refractivity contribution < 1.29 is 10.2 Å². The molecule has 0 bridgehead atoms. The van der Waals surface area contributed by atoms with Crippen molar-refractivity contribution in [3.05, 3.63) is 0 Å². The minimum atomic E-state index is 0.223. The molecule has 0 aromatic heterocycles. The molecule has 0 amide bonds. The van der Waals surface area contributed by atoms with E-state index in [1.165, 1.54) is 135 Å². The highest BCUT2D eigenvalue weighted by Crippen LogP contribution is 2.24. The van der Waals surface area contributed by atoms with E-state index in [2.05, 4.69) is 37.5 Å². The van der Waals surface area contributed by atoms with E-state index < -0.39 is 0 Å². The summed E-state index contributed by atoms with van der Waals surface area (Å²) in [5.41, 5.74) is 0.